The average Bonchev–Trinajstić information content (AvgIpc) is 3.31. The Kier molecular flexibility index (Phi) is 10.1. The minimum absolute atomic E-state index is 0.0268. The van der Waals surface area contributed by atoms with Crippen molar-refractivity contribution in [3.63, 3.8) is 0 Å². The van der Waals surface area contributed by atoms with E-state index in [2.05, 4.69) is 10.6 Å². The lowest BCUT2D eigenvalue weighted by atomic mass is 10.1. The first kappa shape index (κ1) is 34.1. The molecule has 5 atom stereocenters. The van der Waals surface area contributed by atoms with Crippen LogP contribution in [0.3, 0.4) is 0 Å². The highest BCUT2D eigenvalue weighted by molar-refractivity contribution is 5.96. The van der Waals surface area contributed by atoms with Crippen molar-refractivity contribution in [1.29, 1.82) is 0 Å². The van der Waals surface area contributed by atoms with Crippen LogP contribution in [0.1, 0.15) is 64.5 Å². The number of rotatable bonds is 4. The third kappa shape index (κ3) is 7.86. The van der Waals surface area contributed by atoms with Crippen molar-refractivity contribution in [2.75, 3.05) is 26.4 Å². The van der Waals surface area contributed by atoms with Gasteiger partial charge in [0.2, 0.25) is 11.8 Å². The van der Waals surface area contributed by atoms with Crippen LogP contribution in [0, 0.1) is 11.7 Å². The Morgan fingerprint density at radius 3 is 2.68 bits per heavy atom. The summed E-state index contributed by atoms with van der Waals surface area (Å²) < 4.78 is 36.6. The lowest BCUT2D eigenvalue weighted by Crippen LogP contribution is -2.57. The van der Waals surface area contributed by atoms with Gasteiger partial charge in [0.1, 0.15) is 35.1 Å². The van der Waals surface area contributed by atoms with E-state index in [1.165, 1.54) is 15.9 Å². The number of hydrogen-bond donors (Lipinski definition) is 2. The first-order valence-electron chi connectivity index (χ1n) is 16.1. The van der Waals surface area contributed by atoms with Gasteiger partial charge >= 0.3 is 18.2 Å². The van der Waals surface area contributed by atoms with Gasteiger partial charge in [-0.05, 0) is 52.2 Å². The molecule has 2 fully saturated rings. The molecule has 0 radical (unpaired) electrons. The molecule has 1 saturated heterocycles. The van der Waals surface area contributed by atoms with Crippen molar-refractivity contribution in [2.45, 2.75) is 95.8 Å². The molecule has 0 unspecified atom stereocenters. The van der Waals surface area contributed by atoms with Crippen LogP contribution in [-0.4, -0.2) is 95.5 Å². The molecular formula is C33H43FN4O9. The standard InChI is InChI=1S/C33H43FN4O9/c1-5-45-29(41)33-16-21(33)10-6-7-13-44-14-12-25(35-30(42)47-32(2,3)4)28(40)38-18-22(15-26(38)27(39)36-33)46-31(43)37-17-20-9-8-11-24(34)23(20)19-37/h6,8-11,21-22,25-26H,5,7,12-19H2,1-4H3,(H,35,42)(H,36,39)/t21-,22-,25+,26+,33-/m1/s1. The molecule has 4 amide bonds. The molecule has 0 bridgehead atoms. The number of halogens is 1. The quantitative estimate of drug-likeness (QED) is 0.283. The number of nitrogens with zero attached hydrogens (tertiary/aromatic N) is 2. The first-order chi connectivity index (χ1) is 22.3. The Balaban J connectivity index is 1.38. The van der Waals surface area contributed by atoms with E-state index in [0.29, 0.717) is 30.6 Å². The topological polar surface area (TPSA) is 153 Å². The van der Waals surface area contributed by atoms with Crippen molar-refractivity contribution < 1.29 is 47.3 Å². The lowest BCUT2D eigenvalue weighted by Gasteiger charge is -2.30. The number of esters is 1. The zero-order valence-electron chi connectivity index (χ0n) is 27.2. The van der Waals surface area contributed by atoms with E-state index in [1.54, 1.807) is 39.8 Å². The Bertz CT molecular complexity index is 1430. The highest BCUT2D eigenvalue weighted by Gasteiger charge is 2.62. The second kappa shape index (κ2) is 13.9. The van der Waals surface area contributed by atoms with Gasteiger partial charge in [-0.2, -0.15) is 0 Å². The number of fused-ring (bicyclic) bond motifs is 3. The number of nitrogens with one attached hydrogen (secondary N) is 2. The number of amides is 4. The summed E-state index contributed by atoms with van der Waals surface area (Å²) in [6.45, 7) is 7.38. The Hall–Kier alpha value is -4.20. The van der Waals surface area contributed by atoms with Crippen molar-refractivity contribution >= 4 is 30.0 Å². The van der Waals surface area contributed by atoms with E-state index in [4.69, 9.17) is 18.9 Å². The first-order valence-corrected chi connectivity index (χ1v) is 16.1. The maximum atomic E-state index is 14.3. The maximum Gasteiger partial charge on any atom is 0.410 e. The molecule has 14 heteroatoms. The normalized spacial score (nSPS) is 27.8. The van der Waals surface area contributed by atoms with Crippen molar-refractivity contribution in [3.8, 4) is 0 Å². The van der Waals surface area contributed by atoms with Crippen LogP contribution < -0.4 is 10.6 Å². The van der Waals surface area contributed by atoms with Gasteiger partial charge in [0, 0.05) is 37.5 Å². The predicted octanol–water partition coefficient (Wildman–Crippen LogP) is 2.95. The van der Waals surface area contributed by atoms with Gasteiger partial charge in [0.25, 0.3) is 0 Å². The van der Waals surface area contributed by atoms with Gasteiger partial charge < -0.3 is 34.5 Å². The van der Waals surface area contributed by atoms with Crippen LogP contribution in [0.2, 0.25) is 0 Å². The van der Waals surface area contributed by atoms with Crippen molar-refractivity contribution in [2.24, 2.45) is 5.92 Å². The summed E-state index contributed by atoms with van der Waals surface area (Å²) in [5.74, 6) is -2.51. The summed E-state index contributed by atoms with van der Waals surface area (Å²) in [6.07, 6.45) is 2.18. The van der Waals surface area contributed by atoms with Crippen LogP contribution in [0.4, 0.5) is 14.0 Å². The molecule has 4 aliphatic rings. The van der Waals surface area contributed by atoms with E-state index >= 15 is 0 Å². The molecule has 2 N–H and O–H groups in total. The predicted molar refractivity (Wildman–Crippen MR) is 164 cm³/mol. The third-order valence-corrected chi connectivity index (χ3v) is 8.64. The molecule has 1 aromatic carbocycles. The van der Waals surface area contributed by atoms with Crippen LogP contribution in [0.5, 0.6) is 0 Å². The van der Waals surface area contributed by atoms with E-state index < -0.39 is 65.1 Å². The van der Waals surface area contributed by atoms with E-state index in [-0.39, 0.29) is 51.6 Å². The summed E-state index contributed by atoms with van der Waals surface area (Å²) in [5.41, 5.74) is -1.04. The highest BCUT2D eigenvalue weighted by atomic mass is 19.1. The van der Waals surface area contributed by atoms with E-state index in [0.717, 1.165) is 0 Å². The van der Waals surface area contributed by atoms with Gasteiger partial charge in [-0.1, -0.05) is 24.3 Å². The fourth-order valence-electron chi connectivity index (χ4n) is 6.24. The number of carbonyl (C=O) groups excluding carboxylic acids is 5. The van der Waals surface area contributed by atoms with E-state index in [1.807, 2.05) is 12.2 Å². The summed E-state index contributed by atoms with van der Waals surface area (Å²) in [5, 5.41) is 5.47. The minimum atomic E-state index is -1.30. The zero-order chi connectivity index (χ0) is 33.9. The molecular weight excluding hydrogens is 615 g/mol. The Labute approximate surface area is 273 Å². The fraction of sp³-hybridized carbons (Fsp3) is 0.606. The van der Waals surface area contributed by atoms with Gasteiger partial charge in [-0.25, -0.2) is 18.8 Å². The molecule has 13 nitrogen and oxygen atoms in total. The number of carbonyl (C=O) groups is 5. The molecule has 3 aliphatic heterocycles. The second-order valence-electron chi connectivity index (χ2n) is 13.3. The number of hydrogen-bond acceptors (Lipinski definition) is 9. The molecule has 0 aromatic heterocycles. The Morgan fingerprint density at radius 1 is 1.17 bits per heavy atom. The van der Waals surface area contributed by atoms with Crippen LogP contribution in [-0.2, 0) is 46.4 Å². The van der Waals surface area contributed by atoms with Gasteiger partial charge in [0.15, 0.2) is 0 Å². The zero-order valence-corrected chi connectivity index (χ0v) is 27.2. The van der Waals surface area contributed by atoms with Gasteiger partial charge in [-0.3, -0.25) is 14.5 Å². The monoisotopic (exact) mass is 658 g/mol. The number of ether oxygens (including phenoxy) is 4. The summed E-state index contributed by atoms with van der Waals surface area (Å²) in [4.78, 5) is 69.8. The number of benzene rings is 1. The van der Waals surface area contributed by atoms with Crippen molar-refractivity contribution in [1.82, 2.24) is 20.4 Å². The molecule has 47 heavy (non-hydrogen) atoms. The molecule has 1 aromatic rings. The summed E-state index contributed by atoms with van der Waals surface area (Å²) in [6, 6.07) is 2.38. The highest BCUT2D eigenvalue weighted by Crippen LogP contribution is 2.46. The Morgan fingerprint density at radius 2 is 1.96 bits per heavy atom. The van der Waals surface area contributed by atoms with Crippen LogP contribution >= 0.6 is 0 Å². The molecule has 0 spiro atoms. The molecule has 256 valence electrons. The average molecular weight is 659 g/mol. The van der Waals surface area contributed by atoms with Crippen molar-refractivity contribution in [3.05, 3.63) is 47.3 Å². The largest absolute Gasteiger partial charge is 0.464 e. The molecule has 1 aliphatic carbocycles. The minimum Gasteiger partial charge on any atom is -0.464 e. The SMILES string of the molecule is CCOC(=O)[C@@]12C[C@H]1C=CCCOCC[C@H](NC(=O)OC(C)(C)C)C(=O)N1C[C@H](OC(=O)N3Cc4cccc(F)c4C3)C[C@H]1C(=O)N2. The second-order valence-corrected chi connectivity index (χ2v) is 13.3. The fourth-order valence-corrected chi connectivity index (χ4v) is 6.24. The van der Waals surface area contributed by atoms with Crippen LogP contribution in [0.15, 0.2) is 30.4 Å². The van der Waals surface area contributed by atoms with Crippen LogP contribution in [0.25, 0.3) is 0 Å². The molecule has 1 saturated carbocycles. The molecule has 5 rings (SSSR count). The summed E-state index contributed by atoms with van der Waals surface area (Å²) in [7, 11) is 0. The van der Waals surface area contributed by atoms with Gasteiger partial charge in [0.05, 0.1) is 26.3 Å². The number of alkyl carbamates (subject to hydrolysis) is 1. The lowest BCUT2D eigenvalue weighted by molar-refractivity contribution is -0.150. The maximum absolute atomic E-state index is 14.3. The molecule has 3 heterocycles. The van der Waals surface area contributed by atoms with Gasteiger partial charge in [-0.15, -0.1) is 0 Å². The smallest absolute Gasteiger partial charge is 0.410 e. The summed E-state index contributed by atoms with van der Waals surface area (Å²) >= 11 is 0. The third-order valence-electron chi connectivity index (χ3n) is 8.64. The van der Waals surface area contributed by atoms with E-state index in [9.17, 15) is 28.4 Å².